The summed E-state index contributed by atoms with van der Waals surface area (Å²) in [5.41, 5.74) is 0. The molecule has 0 aliphatic heterocycles. The van der Waals surface area contributed by atoms with Gasteiger partial charge < -0.3 is 5.11 Å². The van der Waals surface area contributed by atoms with Crippen molar-refractivity contribution >= 4 is 29.3 Å². The number of rotatable bonds is 3. The molecule has 5 heteroatoms. The molecular weight excluding hydrogens is 210 g/mol. The Kier molecular flexibility index (Phi) is 3.79. The smallest absolute Gasteiger partial charge is 0.328 e. The number of nitrogens with zero attached hydrogens (tertiary/aromatic N) is 1. The molecule has 68 valence electrons. The van der Waals surface area contributed by atoms with Gasteiger partial charge in [-0.05, 0) is 17.5 Å². The molecule has 0 bridgehead atoms. The zero-order valence-corrected chi connectivity index (χ0v) is 8.05. The number of aromatic nitrogens is 1. The van der Waals surface area contributed by atoms with Crippen molar-refractivity contribution in [1.29, 1.82) is 0 Å². The van der Waals surface area contributed by atoms with E-state index in [1.165, 1.54) is 17.2 Å². The number of aliphatic carboxylic acids is 1. The van der Waals surface area contributed by atoms with Crippen molar-refractivity contribution in [3.05, 3.63) is 34.8 Å². The quantitative estimate of drug-likeness (QED) is 0.622. The number of carbonyl (C=O) groups is 1. The third-order valence-electron chi connectivity index (χ3n) is 1.12. The van der Waals surface area contributed by atoms with Gasteiger partial charge >= 0.3 is 5.97 Å². The molecule has 0 saturated heterocycles. The Morgan fingerprint density at radius 2 is 2.46 bits per heavy atom. The largest absolute Gasteiger partial charge is 0.478 e. The van der Waals surface area contributed by atoms with Crippen LogP contribution in [-0.2, 0) is 4.79 Å². The SMILES string of the molecule is O=C(O)C=CSc1ncccc1Cl. The first-order valence-corrected chi connectivity index (χ1v) is 4.62. The molecule has 1 rings (SSSR count). The van der Waals surface area contributed by atoms with E-state index in [0.717, 1.165) is 6.08 Å². The standard InChI is InChI=1S/C8H6ClNO2S/c9-6-2-1-4-10-8(6)13-5-3-7(11)12/h1-5H,(H,11,12). The summed E-state index contributed by atoms with van der Waals surface area (Å²) in [6.07, 6.45) is 2.64. The van der Waals surface area contributed by atoms with Crippen LogP contribution in [0.25, 0.3) is 0 Å². The Balaban J connectivity index is 2.64. The van der Waals surface area contributed by atoms with Crippen LogP contribution >= 0.6 is 23.4 Å². The van der Waals surface area contributed by atoms with E-state index in [4.69, 9.17) is 16.7 Å². The fourth-order valence-electron chi connectivity index (χ4n) is 0.615. The van der Waals surface area contributed by atoms with E-state index in [9.17, 15) is 4.79 Å². The summed E-state index contributed by atoms with van der Waals surface area (Å²) in [7, 11) is 0. The van der Waals surface area contributed by atoms with Crippen molar-refractivity contribution in [2.75, 3.05) is 0 Å². The van der Waals surface area contributed by atoms with Gasteiger partial charge in [-0.3, -0.25) is 0 Å². The van der Waals surface area contributed by atoms with Gasteiger partial charge in [-0.25, -0.2) is 9.78 Å². The van der Waals surface area contributed by atoms with Gasteiger partial charge in [0, 0.05) is 12.3 Å². The molecule has 1 aromatic heterocycles. The lowest BCUT2D eigenvalue weighted by molar-refractivity contribution is -0.131. The summed E-state index contributed by atoms with van der Waals surface area (Å²) >= 11 is 6.95. The molecule has 1 heterocycles. The first-order chi connectivity index (χ1) is 6.20. The first kappa shape index (κ1) is 10.1. The van der Waals surface area contributed by atoms with Crippen LogP contribution < -0.4 is 0 Å². The fraction of sp³-hybridized carbons (Fsp3) is 0. The van der Waals surface area contributed by atoms with E-state index in [-0.39, 0.29) is 0 Å². The summed E-state index contributed by atoms with van der Waals surface area (Å²) < 4.78 is 0. The summed E-state index contributed by atoms with van der Waals surface area (Å²) in [5, 5.41) is 10.8. The highest BCUT2D eigenvalue weighted by Crippen LogP contribution is 2.24. The Labute approximate surface area is 84.4 Å². The third kappa shape index (κ3) is 3.48. The number of halogens is 1. The number of hydrogen-bond donors (Lipinski definition) is 1. The van der Waals surface area contributed by atoms with Crippen LogP contribution in [0.2, 0.25) is 5.02 Å². The predicted octanol–water partition coefficient (Wildman–Crippen LogP) is 2.43. The normalized spacial score (nSPS) is 10.5. The summed E-state index contributed by atoms with van der Waals surface area (Å²) in [4.78, 5) is 14.1. The molecule has 0 unspecified atom stereocenters. The van der Waals surface area contributed by atoms with Crippen molar-refractivity contribution in [3.8, 4) is 0 Å². The summed E-state index contributed by atoms with van der Waals surface area (Å²) in [6, 6.07) is 3.42. The molecule has 0 aromatic carbocycles. The van der Waals surface area contributed by atoms with Gasteiger partial charge in [0.05, 0.1) is 5.02 Å². The average molecular weight is 216 g/mol. The van der Waals surface area contributed by atoms with E-state index < -0.39 is 5.97 Å². The maximum atomic E-state index is 10.1. The molecule has 1 N–H and O–H groups in total. The Morgan fingerprint density at radius 3 is 3.08 bits per heavy atom. The maximum Gasteiger partial charge on any atom is 0.328 e. The second-order valence-corrected chi connectivity index (χ2v) is 3.35. The van der Waals surface area contributed by atoms with E-state index in [2.05, 4.69) is 4.98 Å². The molecular formula is C8H6ClNO2S. The highest BCUT2D eigenvalue weighted by molar-refractivity contribution is 8.02. The van der Waals surface area contributed by atoms with Gasteiger partial charge in [0.15, 0.2) is 0 Å². The van der Waals surface area contributed by atoms with Gasteiger partial charge in [0.25, 0.3) is 0 Å². The van der Waals surface area contributed by atoms with Crippen LogP contribution in [0.5, 0.6) is 0 Å². The maximum absolute atomic E-state index is 10.1. The Hall–Kier alpha value is -1.00. The monoisotopic (exact) mass is 215 g/mol. The van der Waals surface area contributed by atoms with Gasteiger partial charge in [-0.15, -0.1) is 0 Å². The van der Waals surface area contributed by atoms with Crippen LogP contribution in [0.4, 0.5) is 0 Å². The molecule has 1 aromatic rings. The Morgan fingerprint density at radius 1 is 1.69 bits per heavy atom. The molecule has 3 nitrogen and oxygen atoms in total. The minimum absolute atomic E-state index is 0.516. The average Bonchev–Trinajstić information content (AvgIpc) is 2.08. The third-order valence-corrected chi connectivity index (χ3v) is 2.35. The highest BCUT2D eigenvalue weighted by Gasteiger charge is 1.98. The van der Waals surface area contributed by atoms with Crippen LogP contribution in [-0.4, -0.2) is 16.1 Å². The highest BCUT2D eigenvalue weighted by atomic mass is 35.5. The van der Waals surface area contributed by atoms with Gasteiger partial charge in [0.2, 0.25) is 0 Å². The van der Waals surface area contributed by atoms with E-state index >= 15 is 0 Å². The zero-order chi connectivity index (χ0) is 9.68. The van der Waals surface area contributed by atoms with Crippen molar-refractivity contribution in [2.24, 2.45) is 0 Å². The van der Waals surface area contributed by atoms with Crippen molar-refractivity contribution in [2.45, 2.75) is 5.03 Å². The number of carboxylic acid groups (broad SMARTS) is 1. The van der Waals surface area contributed by atoms with E-state index in [1.54, 1.807) is 18.3 Å². The number of carboxylic acids is 1. The zero-order valence-electron chi connectivity index (χ0n) is 6.48. The van der Waals surface area contributed by atoms with Gasteiger partial charge in [-0.1, -0.05) is 23.4 Å². The van der Waals surface area contributed by atoms with Crippen molar-refractivity contribution in [1.82, 2.24) is 4.98 Å². The van der Waals surface area contributed by atoms with Crippen LogP contribution in [0.3, 0.4) is 0 Å². The molecule has 0 aliphatic rings. The molecule has 0 atom stereocenters. The topological polar surface area (TPSA) is 50.2 Å². The van der Waals surface area contributed by atoms with Crippen LogP contribution in [0, 0.1) is 0 Å². The Bertz CT molecular complexity index is 341. The molecule has 0 aliphatic carbocycles. The van der Waals surface area contributed by atoms with Crippen molar-refractivity contribution in [3.63, 3.8) is 0 Å². The number of thioether (sulfide) groups is 1. The van der Waals surface area contributed by atoms with E-state index in [1.807, 2.05) is 0 Å². The summed E-state index contributed by atoms with van der Waals surface area (Å²) in [5.74, 6) is -0.987. The second kappa shape index (κ2) is 4.89. The lowest BCUT2D eigenvalue weighted by atomic mass is 10.5. The molecule has 0 saturated carbocycles. The van der Waals surface area contributed by atoms with Gasteiger partial charge in [-0.2, -0.15) is 0 Å². The lowest BCUT2D eigenvalue weighted by Crippen LogP contribution is -1.84. The number of hydrogen-bond acceptors (Lipinski definition) is 3. The molecule has 0 amide bonds. The molecule has 13 heavy (non-hydrogen) atoms. The lowest BCUT2D eigenvalue weighted by Gasteiger charge is -1.95. The second-order valence-electron chi connectivity index (χ2n) is 2.05. The van der Waals surface area contributed by atoms with Crippen LogP contribution in [0.1, 0.15) is 0 Å². The number of pyridine rings is 1. The van der Waals surface area contributed by atoms with Gasteiger partial charge in [0.1, 0.15) is 5.03 Å². The summed E-state index contributed by atoms with van der Waals surface area (Å²) in [6.45, 7) is 0. The minimum Gasteiger partial charge on any atom is -0.478 e. The molecule has 0 spiro atoms. The first-order valence-electron chi connectivity index (χ1n) is 3.37. The van der Waals surface area contributed by atoms with Crippen LogP contribution in [0.15, 0.2) is 34.8 Å². The molecule has 0 fully saturated rings. The van der Waals surface area contributed by atoms with Crippen molar-refractivity contribution < 1.29 is 9.90 Å². The predicted molar refractivity (Wildman–Crippen MR) is 51.9 cm³/mol. The van der Waals surface area contributed by atoms with E-state index in [0.29, 0.717) is 10.0 Å². The fourth-order valence-corrected chi connectivity index (χ4v) is 1.49. The minimum atomic E-state index is -0.987. The molecule has 0 radical (unpaired) electrons.